The van der Waals surface area contributed by atoms with Gasteiger partial charge in [-0.2, -0.15) is 0 Å². The molecule has 0 aliphatic heterocycles. The number of aryl methyl sites for hydroxylation is 2. The van der Waals surface area contributed by atoms with E-state index in [-0.39, 0.29) is 0 Å². The number of hydrogen-bond acceptors (Lipinski definition) is 1. The highest BCUT2D eigenvalue weighted by Crippen LogP contribution is 2.27. The zero-order valence-corrected chi connectivity index (χ0v) is 8.68. The fourth-order valence-electron chi connectivity index (χ4n) is 2.38. The molecule has 0 amide bonds. The molecule has 0 saturated heterocycles. The van der Waals surface area contributed by atoms with Crippen molar-refractivity contribution in [2.45, 2.75) is 39.0 Å². The molecule has 0 N–H and O–H groups in total. The van der Waals surface area contributed by atoms with Crippen LogP contribution < -0.4 is 0 Å². The molecule has 74 valence electrons. The highest BCUT2D eigenvalue weighted by molar-refractivity contribution is 5.76. The van der Waals surface area contributed by atoms with Gasteiger partial charge in [-0.25, -0.2) is 0 Å². The third-order valence-corrected chi connectivity index (χ3v) is 2.99. The number of aldehydes is 1. The van der Waals surface area contributed by atoms with Gasteiger partial charge < -0.3 is 0 Å². The van der Waals surface area contributed by atoms with Crippen LogP contribution in [0.3, 0.4) is 0 Å². The minimum Gasteiger partial charge on any atom is -0.298 e. The second-order valence-electron chi connectivity index (χ2n) is 4.04. The van der Waals surface area contributed by atoms with Crippen molar-refractivity contribution < 1.29 is 4.79 Å². The largest absolute Gasteiger partial charge is 0.298 e. The summed E-state index contributed by atoms with van der Waals surface area (Å²) in [5.74, 6) is 0. The monoisotopic (exact) mass is 188 g/mol. The number of rotatable bonds is 3. The van der Waals surface area contributed by atoms with Crippen molar-refractivity contribution in [1.29, 1.82) is 0 Å². The fourth-order valence-corrected chi connectivity index (χ4v) is 2.38. The summed E-state index contributed by atoms with van der Waals surface area (Å²) in [5.41, 5.74) is 5.20. The molecule has 0 saturated carbocycles. The number of carbonyl (C=O) groups is 1. The molecule has 1 aromatic rings. The summed E-state index contributed by atoms with van der Waals surface area (Å²) in [7, 11) is 0. The lowest BCUT2D eigenvalue weighted by atomic mass is 9.97. The number of fused-ring (bicyclic) bond motifs is 1. The number of hydrogen-bond donors (Lipinski definition) is 0. The summed E-state index contributed by atoms with van der Waals surface area (Å²) in [5, 5.41) is 0. The van der Waals surface area contributed by atoms with Gasteiger partial charge in [0, 0.05) is 5.56 Å². The van der Waals surface area contributed by atoms with Crippen LogP contribution in [0.2, 0.25) is 0 Å². The third-order valence-electron chi connectivity index (χ3n) is 2.99. The molecule has 1 nitrogen and oxygen atoms in total. The molecule has 0 radical (unpaired) electrons. The Morgan fingerprint density at radius 3 is 2.93 bits per heavy atom. The quantitative estimate of drug-likeness (QED) is 0.666. The maximum atomic E-state index is 10.8. The Morgan fingerprint density at radius 2 is 2.21 bits per heavy atom. The number of benzene rings is 1. The molecule has 1 aromatic carbocycles. The van der Waals surface area contributed by atoms with Gasteiger partial charge >= 0.3 is 0 Å². The first kappa shape index (κ1) is 9.45. The van der Waals surface area contributed by atoms with Crippen molar-refractivity contribution in [3.8, 4) is 0 Å². The first-order chi connectivity index (χ1) is 6.85. The van der Waals surface area contributed by atoms with E-state index in [9.17, 15) is 4.79 Å². The lowest BCUT2D eigenvalue weighted by Crippen LogP contribution is -1.96. The first-order valence-corrected chi connectivity index (χ1v) is 5.45. The summed E-state index contributed by atoms with van der Waals surface area (Å²) in [4.78, 5) is 10.8. The zero-order valence-electron chi connectivity index (χ0n) is 8.68. The fraction of sp³-hybridized carbons (Fsp3) is 0.462. The van der Waals surface area contributed by atoms with Crippen LogP contribution in [0.5, 0.6) is 0 Å². The van der Waals surface area contributed by atoms with Gasteiger partial charge in [-0.3, -0.25) is 4.79 Å². The molecule has 1 aliphatic carbocycles. The van der Waals surface area contributed by atoms with Gasteiger partial charge in [-0.1, -0.05) is 13.3 Å². The van der Waals surface area contributed by atoms with Gasteiger partial charge in [0.05, 0.1) is 0 Å². The van der Waals surface area contributed by atoms with E-state index < -0.39 is 0 Å². The van der Waals surface area contributed by atoms with Gasteiger partial charge in [-0.05, 0) is 54.5 Å². The Morgan fingerprint density at radius 1 is 1.36 bits per heavy atom. The summed E-state index contributed by atoms with van der Waals surface area (Å²) in [6.07, 6.45) is 6.88. The Kier molecular flexibility index (Phi) is 2.67. The van der Waals surface area contributed by atoms with Crippen LogP contribution in [-0.4, -0.2) is 6.29 Å². The van der Waals surface area contributed by atoms with E-state index in [1.54, 1.807) is 0 Å². The van der Waals surface area contributed by atoms with E-state index in [0.29, 0.717) is 0 Å². The first-order valence-electron chi connectivity index (χ1n) is 5.45. The van der Waals surface area contributed by atoms with Crippen LogP contribution in [0.4, 0.5) is 0 Å². The molecule has 14 heavy (non-hydrogen) atoms. The van der Waals surface area contributed by atoms with Crippen LogP contribution in [0.25, 0.3) is 0 Å². The van der Waals surface area contributed by atoms with Gasteiger partial charge in [0.1, 0.15) is 6.29 Å². The second kappa shape index (κ2) is 3.95. The summed E-state index contributed by atoms with van der Waals surface area (Å²) >= 11 is 0. The lowest BCUT2D eigenvalue weighted by molar-refractivity contribution is 0.112. The van der Waals surface area contributed by atoms with E-state index in [2.05, 4.69) is 19.1 Å². The van der Waals surface area contributed by atoms with Crippen LogP contribution >= 0.6 is 0 Å². The Bertz CT molecular complexity index is 352. The van der Waals surface area contributed by atoms with E-state index >= 15 is 0 Å². The van der Waals surface area contributed by atoms with Crippen molar-refractivity contribution in [2.75, 3.05) is 0 Å². The molecule has 0 aromatic heterocycles. The topological polar surface area (TPSA) is 17.1 Å². The molecule has 0 unspecified atom stereocenters. The van der Waals surface area contributed by atoms with Crippen molar-refractivity contribution in [3.05, 3.63) is 34.4 Å². The predicted molar refractivity (Wildman–Crippen MR) is 57.8 cm³/mol. The highest BCUT2D eigenvalue weighted by Gasteiger charge is 2.15. The van der Waals surface area contributed by atoms with E-state index in [1.165, 1.54) is 29.5 Å². The zero-order chi connectivity index (χ0) is 9.97. The average molecular weight is 188 g/mol. The van der Waals surface area contributed by atoms with Crippen molar-refractivity contribution >= 4 is 6.29 Å². The van der Waals surface area contributed by atoms with Crippen LogP contribution in [0.1, 0.15) is 46.8 Å². The molecule has 0 heterocycles. The summed E-state index contributed by atoms with van der Waals surface area (Å²) in [6, 6.07) is 4.13. The normalized spacial score (nSPS) is 14.1. The predicted octanol–water partition coefficient (Wildman–Crippen LogP) is 2.94. The van der Waals surface area contributed by atoms with Crippen molar-refractivity contribution in [1.82, 2.24) is 0 Å². The molecular weight excluding hydrogens is 172 g/mol. The lowest BCUT2D eigenvalue weighted by Gasteiger charge is -2.08. The minimum absolute atomic E-state index is 0.856. The Labute approximate surface area is 85.1 Å². The van der Waals surface area contributed by atoms with Gasteiger partial charge in [-0.15, -0.1) is 0 Å². The standard InChI is InChI=1S/C13H16O/c1-2-4-11-7-10(9-14)8-12-5-3-6-13(11)12/h7-9H,2-6H2,1H3. The second-order valence-corrected chi connectivity index (χ2v) is 4.04. The molecule has 0 bridgehead atoms. The van der Waals surface area contributed by atoms with Crippen LogP contribution in [0, 0.1) is 0 Å². The van der Waals surface area contributed by atoms with Crippen molar-refractivity contribution in [2.24, 2.45) is 0 Å². The average Bonchev–Trinajstić information content (AvgIpc) is 2.66. The van der Waals surface area contributed by atoms with Crippen LogP contribution in [-0.2, 0) is 19.3 Å². The third kappa shape index (κ3) is 1.59. The SMILES string of the molecule is CCCc1cc(C=O)cc2c1CCC2. The molecule has 0 fully saturated rings. The van der Waals surface area contributed by atoms with E-state index in [1.807, 2.05) is 0 Å². The highest BCUT2D eigenvalue weighted by atomic mass is 16.1. The smallest absolute Gasteiger partial charge is 0.150 e. The van der Waals surface area contributed by atoms with Gasteiger partial charge in [0.15, 0.2) is 0 Å². The summed E-state index contributed by atoms with van der Waals surface area (Å²) in [6.45, 7) is 2.19. The van der Waals surface area contributed by atoms with E-state index in [0.717, 1.165) is 31.1 Å². The molecule has 1 heteroatoms. The minimum atomic E-state index is 0.856. The Hall–Kier alpha value is -1.11. The maximum Gasteiger partial charge on any atom is 0.150 e. The molecule has 1 aliphatic rings. The van der Waals surface area contributed by atoms with Crippen LogP contribution in [0.15, 0.2) is 12.1 Å². The van der Waals surface area contributed by atoms with Gasteiger partial charge in [0.2, 0.25) is 0 Å². The molecule has 0 spiro atoms. The van der Waals surface area contributed by atoms with Gasteiger partial charge in [0.25, 0.3) is 0 Å². The molecular formula is C13H16O. The molecule has 0 atom stereocenters. The Balaban J connectivity index is 2.46. The van der Waals surface area contributed by atoms with E-state index in [4.69, 9.17) is 0 Å². The number of carbonyl (C=O) groups excluding carboxylic acids is 1. The summed E-state index contributed by atoms with van der Waals surface area (Å²) < 4.78 is 0. The van der Waals surface area contributed by atoms with Crippen molar-refractivity contribution in [3.63, 3.8) is 0 Å². The maximum absolute atomic E-state index is 10.8. The molecule has 2 rings (SSSR count).